The molecule has 0 aromatic rings. The third-order valence-corrected chi connectivity index (χ3v) is 0.816. The molecule has 0 aromatic carbocycles. The van der Waals surface area contributed by atoms with E-state index in [4.69, 9.17) is 5.53 Å². The summed E-state index contributed by atoms with van der Waals surface area (Å²) in [6, 6.07) is 0. The molecule has 60 valence electrons. The summed E-state index contributed by atoms with van der Waals surface area (Å²) >= 11 is 0. The molecule has 0 radical (unpaired) electrons. The number of allylic oxidation sites excluding steroid dienone is 1. The van der Waals surface area contributed by atoms with Gasteiger partial charge in [-0.15, -0.1) is 0 Å². The number of esters is 1. The molecule has 0 heterocycles. The maximum atomic E-state index is 10.6. The molecule has 0 saturated heterocycles. The standard InChI is InChI=1S/C6H9N3O2/c1-3-11-6(10)4-5(2)8-9-7/h4H,3H2,1-2H3/b5-4-. The zero-order chi connectivity index (χ0) is 8.69. The van der Waals surface area contributed by atoms with Gasteiger partial charge in [-0.1, -0.05) is 5.11 Å². The molecule has 0 bridgehead atoms. The highest BCUT2D eigenvalue weighted by atomic mass is 16.5. The largest absolute Gasteiger partial charge is 0.463 e. The minimum Gasteiger partial charge on any atom is -0.463 e. The smallest absolute Gasteiger partial charge is 0.330 e. The number of carbonyl (C=O) groups is 1. The van der Waals surface area contributed by atoms with Crippen LogP contribution in [0.3, 0.4) is 0 Å². The van der Waals surface area contributed by atoms with Crippen molar-refractivity contribution in [2.45, 2.75) is 13.8 Å². The van der Waals surface area contributed by atoms with Crippen LogP contribution in [-0.4, -0.2) is 12.6 Å². The molecule has 0 aliphatic heterocycles. The van der Waals surface area contributed by atoms with Crippen molar-refractivity contribution in [1.82, 2.24) is 0 Å². The first-order valence-electron chi connectivity index (χ1n) is 3.10. The number of nitrogens with zero attached hydrogens (tertiary/aromatic N) is 3. The molecule has 0 saturated carbocycles. The van der Waals surface area contributed by atoms with Gasteiger partial charge < -0.3 is 4.74 Å². The maximum absolute atomic E-state index is 10.6. The predicted octanol–water partition coefficient (Wildman–Crippen LogP) is 1.76. The van der Waals surface area contributed by atoms with Crippen molar-refractivity contribution >= 4 is 5.97 Å². The van der Waals surface area contributed by atoms with Crippen LogP contribution in [0.25, 0.3) is 10.4 Å². The molecule has 0 amide bonds. The van der Waals surface area contributed by atoms with Gasteiger partial charge in [0.2, 0.25) is 0 Å². The molecule has 0 spiro atoms. The second-order valence-corrected chi connectivity index (χ2v) is 1.73. The minimum absolute atomic E-state index is 0.297. The third kappa shape index (κ3) is 4.99. The lowest BCUT2D eigenvalue weighted by Gasteiger charge is -1.94. The van der Waals surface area contributed by atoms with E-state index in [0.29, 0.717) is 12.3 Å². The Morgan fingerprint density at radius 3 is 2.91 bits per heavy atom. The number of azide groups is 1. The second-order valence-electron chi connectivity index (χ2n) is 1.73. The molecular weight excluding hydrogens is 146 g/mol. The molecule has 0 aliphatic rings. The van der Waals surface area contributed by atoms with Crippen LogP contribution in [0.5, 0.6) is 0 Å². The average molecular weight is 155 g/mol. The number of carbonyl (C=O) groups excluding carboxylic acids is 1. The summed E-state index contributed by atoms with van der Waals surface area (Å²) in [4.78, 5) is 13.1. The van der Waals surface area contributed by atoms with E-state index in [-0.39, 0.29) is 0 Å². The van der Waals surface area contributed by atoms with Gasteiger partial charge in [-0.2, -0.15) is 0 Å². The first-order valence-corrected chi connectivity index (χ1v) is 3.10. The first kappa shape index (κ1) is 9.52. The average Bonchev–Trinajstić information content (AvgIpc) is 1.87. The molecule has 0 fully saturated rings. The van der Waals surface area contributed by atoms with Crippen LogP contribution in [0.2, 0.25) is 0 Å². The van der Waals surface area contributed by atoms with Crippen LogP contribution in [0.4, 0.5) is 0 Å². The Labute approximate surface area is 64.3 Å². The number of hydrogen-bond acceptors (Lipinski definition) is 3. The fourth-order valence-corrected chi connectivity index (χ4v) is 0.454. The second kappa shape index (κ2) is 5.32. The molecule has 0 atom stereocenters. The highest BCUT2D eigenvalue weighted by Crippen LogP contribution is 1.95. The number of rotatable bonds is 3. The van der Waals surface area contributed by atoms with Gasteiger partial charge in [-0.3, -0.25) is 0 Å². The molecule has 0 unspecified atom stereocenters. The Balaban J connectivity index is 4.07. The van der Waals surface area contributed by atoms with E-state index in [1.54, 1.807) is 6.92 Å². The van der Waals surface area contributed by atoms with Crippen LogP contribution < -0.4 is 0 Å². The Bertz CT molecular complexity index is 216. The van der Waals surface area contributed by atoms with E-state index in [0.717, 1.165) is 6.08 Å². The molecule has 0 N–H and O–H groups in total. The summed E-state index contributed by atoms with van der Waals surface area (Å²) in [6.45, 7) is 3.55. The van der Waals surface area contributed by atoms with Crippen molar-refractivity contribution in [1.29, 1.82) is 0 Å². The lowest BCUT2D eigenvalue weighted by atomic mass is 10.4. The Hall–Kier alpha value is -1.48. The van der Waals surface area contributed by atoms with Crippen molar-refractivity contribution in [3.63, 3.8) is 0 Å². The van der Waals surface area contributed by atoms with Crippen LogP contribution in [0.15, 0.2) is 16.9 Å². The topological polar surface area (TPSA) is 75.1 Å². The zero-order valence-electron chi connectivity index (χ0n) is 6.44. The highest BCUT2D eigenvalue weighted by molar-refractivity contribution is 5.82. The molecule has 0 aliphatic carbocycles. The van der Waals surface area contributed by atoms with E-state index >= 15 is 0 Å². The quantitative estimate of drug-likeness (QED) is 0.205. The van der Waals surface area contributed by atoms with Gasteiger partial charge in [-0.05, 0) is 19.4 Å². The maximum Gasteiger partial charge on any atom is 0.330 e. The van der Waals surface area contributed by atoms with Gasteiger partial charge in [0.1, 0.15) is 0 Å². The van der Waals surface area contributed by atoms with Crippen molar-refractivity contribution in [2.75, 3.05) is 6.61 Å². The molecule has 5 heteroatoms. The zero-order valence-corrected chi connectivity index (χ0v) is 6.44. The van der Waals surface area contributed by atoms with Gasteiger partial charge in [0.05, 0.1) is 6.61 Å². The summed E-state index contributed by atoms with van der Waals surface area (Å²) in [5.41, 5.74) is 8.24. The number of ether oxygens (including phenoxy) is 1. The van der Waals surface area contributed by atoms with Gasteiger partial charge in [0.25, 0.3) is 0 Å². The highest BCUT2D eigenvalue weighted by Gasteiger charge is 1.94. The molecular formula is C6H9N3O2. The van der Waals surface area contributed by atoms with E-state index in [1.165, 1.54) is 6.92 Å². The minimum atomic E-state index is -0.489. The normalized spacial score (nSPS) is 10.2. The van der Waals surface area contributed by atoms with Crippen molar-refractivity contribution < 1.29 is 9.53 Å². The molecule has 5 nitrogen and oxygen atoms in total. The summed E-state index contributed by atoms with van der Waals surface area (Å²) in [6.07, 6.45) is 1.14. The lowest BCUT2D eigenvalue weighted by molar-refractivity contribution is -0.137. The SMILES string of the molecule is CCOC(=O)/C=C(/C)N=[N+]=[N-]. The fraction of sp³-hybridized carbons (Fsp3) is 0.500. The van der Waals surface area contributed by atoms with E-state index < -0.39 is 5.97 Å². The van der Waals surface area contributed by atoms with Crippen LogP contribution >= 0.6 is 0 Å². The van der Waals surface area contributed by atoms with Crippen molar-refractivity contribution in [3.05, 3.63) is 22.2 Å². The monoisotopic (exact) mass is 155 g/mol. The molecule has 0 aromatic heterocycles. The summed E-state index contributed by atoms with van der Waals surface area (Å²) < 4.78 is 4.56. The van der Waals surface area contributed by atoms with Gasteiger partial charge in [0.15, 0.2) is 0 Å². The van der Waals surface area contributed by atoms with Gasteiger partial charge >= 0.3 is 5.97 Å². The van der Waals surface area contributed by atoms with Crippen LogP contribution in [0.1, 0.15) is 13.8 Å². The van der Waals surface area contributed by atoms with Gasteiger partial charge in [0, 0.05) is 16.7 Å². The Morgan fingerprint density at radius 1 is 1.82 bits per heavy atom. The molecule has 11 heavy (non-hydrogen) atoms. The Morgan fingerprint density at radius 2 is 2.45 bits per heavy atom. The van der Waals surface area contributed by atoms with E-state index in [1.807, 2.05) is 0 Å². The predicted molar refractivity (Wildman–Crippen MR) is 39.5 cm³/mol. The third-order valence-electron chi connectivity index (χ3n) is 0.816. The van der Waals surface area contributed by atoms with Crippen LogP contribution in [-0.2, 0) is 9.53 Å². The van der Waals surface area contributed by atoms with Crippen molar-refractivity contribution in [2.24, 2.45) is 5.11 Å². The molecule has 0 rings (SSSR count). The fourth-order valence-electron chi connectivity index (χ4n) is 0.454. The van der Waals surface area contributed by atoms with Crippen molar-refractivity contribution in [3.8, 4) is 0 Å². The summed E-state index contributed by atoms with van der Waals surface area (Å²) in [5, 5.41) is 3.19. The van der Waals surface area contributed by atoms with Gasteiger partial charge in [-0.25, -0.2) is 4.79 Å². The summed E-state index contributed by atoms with van der Waals surface area (Å²) in [7, 11) is 0. The van der Waals surface area contributed by atoms with Crippen LogP contribution in [0, 0.1) is 0 Å². The van der Waals surface area contributed by atoms with E-state index in [2.05, 4.69) is 14.8 Å². The lowest BCUT2D eigenvalue weighted by Crippen LogP contribution is -1.99. The number of hydrogen-bond donors (Lipinski definition) is 0. The first-order chi connectivity index (χ1) is 5.20. The Kier molecular flexibility index (Phi) is 4.60. The summed E-state index contributed by atoms with van der Waals surface area (Å²) in [5.74, 6) is -0.489. The van der Waals surface area contributed by atoms with E-state index in [9.17, 15) is 4.79 Å².